The summed E-state index contributed by atoms with van der Waals surface area (Å²) in [6.07, 6.45) is 3.38. The van der Waals surface area contributed by atoms with Crippen LogP contribution in [0.3, 0.4) is 0 Å². The van der Waals surface area contributed by atoms with Gasteiger partial charge in [0, 0.05) is 4.88 Å². The standard InChI is InChI=1S/C12H15NO2S/c1-7(8(2)14)13-12(15)11-6-9-4-3-5-10(9)16-11/h6-7H,3-5H2,1-2H3,(H,13,15). The van der Waals surface area contributed by atoms with E-state index in [0.717, 1.165) is 17.7 Å². The molecule has 0 bridgehead atoms. The summed E-state index contributed by atoms with van der Waals surface area (Å²) in [7, 11) is 0. The van der Waals surface area contributed by atoms with E-state index in [1.807, 2.05) is 6.07 Å². The number of fused-ring (bicyclic) bond motifs is 1. The molecule has 1 heterocycles. The minimum Gasteiger partial charge on any atom is -0.342 e. The molecule has 1 N–H and O–H groups in total. The van der Waals surface area contributed by atoms with Crippen LogP contribution in [0.5, 0.6) is 0 Å². The van der Waals surface area contributed by atoms with Crippen molar-refractivity contribution in [2.75, 3.05) is 0 Å². The summed E-state index contributed by atoms with van der Waals surface area (Å²) in [5.74, 6) is -0.139. The normalized spacial score (nSPS) is 15.6. The summed E-state index contributed by atoms with van der Waals surface area (Å²) in [5.41, 5.74) is 1.31. The van der Waals surface area contributed by atoms with Crippen molar-refractivity contribution in [1.29, 1.82) is 0 Å². The number of Topliss-reactive ketones (excluding diaryl/α,β-unsaturated/α-hetero) is 1. The van der Waals surface area contributed by atoms with Crippen molar-refractivity contribution >= 4 is 23.0 Å². The van der Waals surface area contributed by atoms with Crippen molar-refractivity contribution in [3.63, 3.8) is 0 Å². The molecule has 0 saturated carbocycles. The lowest BCUT2D eigenvalue weighted by Gasteiger charge is -2.08. The maximum absolute atomic E-state index is 11.8. The van der Waals surface area contributed by atoms with Crippen molar-refractivity contribution in [2.45, 2.75) is 39.2 Å². The van der Waals surface area contributed by atoms with Gasteiger partial charge in [-0.1, -0.05) is 0 Å². The second kappa shape index (κ2) is 4.37. The number of nitrogens with one attached hydrogen (secondary N) is 1. The molecule has 0 spiro atoms. The lowest BCUT2D eigenvalue weighted by atomic mass is 10.2. The van der Waals surface area contributed by atoms with E-state index in [4.69, 9.17) is 0 Å². The Morgan fingerprint density at radius 1 is 1.44 bits per heavy atom. The van der Waals surface area contributed by atoms with Gasteiger partial charge in [0.1, 0.15) is 0 Å². The first-order chi connectivity index (χ1) is 7.58. The maximum Gasteiger partial charge on any atom is 0.261 e. The maximum atomic E-state index is 11.8. The number of aryl methyl sites for hydroxylation is 2. The first kappa shape index (κ1) is 11.3. The average Bonchev–Trinajstić information content (AvgIpc) is 2.75. The third-order valence-electron chi connectivity index (χ3n) is 2.93. The fourth-order valence-electron chi connectivity index (χ4n) is 1.81. The van der Waals surface area contributed by atoms with Gasteiger partial charge in [-0.05, 0) is 44.7 Å². The van der Waals surface area contributed by atoms with E-state index in [1.165, 1.54) is 23.8 Å². The highest BCUT2D eigenvalue weighted by molar-refractivity contribution is 7.14. The zero-order chi connectivity index (χ0) is 11.7. The lowest BCUT2D eigenvalue weighted by Crippen LogP contribution is -2.36. The Kier molecular flexibility index (Phi) is 3.10. The third kappa shape index (κ3) is 2.16. The van der Waals surface area contributed by atoms with E-state index in [2.05, 4.69) is 5.32 Å². The third-order valence-corrected chi connectivity index (χ3v) is 4.16. The minimum absolute atomic E-state index is 0.0163. The van der Waals surface area contributed by atoms with E-state index in [1.54, 1.807) is 18.3 Å². The van der Waals surface area contributed by atoms with Gasteiger partial charge in [0.05, 0.1) is 10.9 Å². The highest BCUT2D eigenvalue weighted by Gasteiger charge is 2.20. The van der Waals surface area contributed by atoms with E-state index in [9.17, 15) is 9.59 Å². The highest BCUT2D eigenvalue weighted by atomic mass is 32.1. The zero-order valence-electron chi connectivity index (χ0n) is 9.50. The molecule has 0 aliphatic heterocycles. The van der Waals surface area contributed by atoms with Gasteiger partial charge in [-0.2, -0.15) is 0 Å². The Balaban J connectivity index is 2.07. The molecular formula is C12H15NO2S. The molecule has 16 heavy (non-hydrogen) atoms. The van der Waals surface area contributed by atoms with Crippen LogP contribution in [-0.2, 0) is 17.6 Å². The molecule has 1 aliphatic carbocycles. The Morgan fingerprint density at radius 3 is 2.81 bits per heavy atom. The van der Waals surface area contributed by atoms with Gasteiger partial charge in [0.2, 0.25) is 0 Å². The Bertz CT molecular complexity index is 415. The minimum atomic E-state index is -0.399. The summed E-state index contributed by atoms with van der Waals surface area (Å²) in [5, 5.41) is 2.71. The lowest BCUT2D eigenvalue weighted by molar-refractivity contribution is -0.118. The molecule has 4 heteroatoms. The van der Waals surface area contributed by atoms with Gasteiger partial charge in [0.15, 0.2) is 5.78 Å². The predicted molar refractivity (Wildman–Crippen MR) is 64.0 cm³/mol. The van der Waals surface area contributed by atoms with Crippen LogP contribution in [0.2, 0.25) is 0 Å². The largest absolute Gasteiger partial charge is 0.342 e. The molecule has 0 aromatic carbocycles. The van der Waals surface area contributed by atoms with Crippen molar-refractivity contribution in [2.24, 2.45) is 0 Å². The molecule has 1 atom stereocenters. The molecule has 1 aromatic rings. The quantitative estimate of drug-likeness (QED) is 0.873. The summed E-state index contributed by atoms with van der Waals surface area (Å²) in [6.45, 7) is 3.20. The smallest absolute Gasteiger partial charge is 0.261 e. The fourth-order valence-corrected chi connectivity index (χ4v) is 2.97. The molecule has 1 amide bonds. The Morgan fingerprint density at radius 2 is 2.19 bits per heavy atom. The number of hydrogen-bond acceptors (Lipinski definition) is 3. The second-order valence-corrected chi connectivity index (χ2v) is 5.36. The molecule has 0 saturated heterocycles. The molecule has 0 radical (unpaired) electrons. The van der Waals surface area contributed by atoms with Crippen molar-refractivity contribution < 1.29 is 9.59 Å². The number of carbonyl (C=O) groups is 2. The van der Waals surface area contributed by atoms with E-state index in [-0.39, 0.29) is 11.7 Å². The summed E-state index contributed by atoms with van der Waals surface area (Å²) in [6, 6.07) is 1.57. The van der Waals surface area contributed by atoms with Crippen LogP contribution in [0, 0.1) is 0 Å². The van der Waals surface area contributed by atoms with Crippen molar-refractivity contribution in [1.82, 2.24) is 5.32 Å². The van der Waals surface area contributed by atoms with Crippen LogP contribution in [0.25, 0.3) is 0 Å². The zero-order valence-corrected chi connectivity index (χ0v) is 10.3. The monoisotopic (exact) mass is 237 g/mol. The Labute approximate surface area is 98.9 Å². The molecule has 86 valence electrons. The van der Waals surface area contributed by atoms with Gasteiger partial charge >= 0.3 is 0 Å². The molecule has 1 aliphatic rings. The number of ketones is 1. The fraction of sp³-hybridized carbons (Fsp3) is 0.500. The van der Waals surface area contributed by atoms with Gasteiger partial charge in [0.25, 0.3) is 5.91 Å². The average molecular weight is 237 g/mol. The highest BCUT2D eigenvalue weighted by Crippen LogP contribution is 2.30. The summed E-state index contributed by atoms with van der Waals surface area (Å²) in [4.78, 5) is 24.9. The van der Waals surface area contributed by atoms with Crippen LogP contribution in [0.4, 0.5) is 0 Å². The first-order valence-electron chi connectivity index (χ1n) is 5.51. The van der Waals surface area contributed by atoms with E-state index < -0.39 is 6.04 Å². The second-order valence-electron chi connectivity index (χ2n) is 4.22. The number of amides is 1. The molecule has 0 fully saturated rings. The van der Waals surface area contributed by atoms with E-state index >= 15 is 0 Å². The topological polar surface area (TPSA) is 46.2 Å². The van der Waals surface area contributed by atoms with Crippen LogP contribution in [0.1, 0.15) is 40.4 Å². The molecule has 2 rings (SSSR count). The van der Waals surface area contributed by atoms with Crippen molar-refractivity contribution in [3.8, 4) is 0 Å². The van der Waals surface area contributed by atoms with Crippen LogP contribution < -0.4 is 5.32 Å². The summed E-state index contributed by atoms with van der Waals surface area (Å²) < 4.78 is 0. The van der Waals surface area contributed by atoms with Crippen LogP contribution in [0.15, 0.2) is 6.07 Å². The first-order valence-corrected chi connectivity index (χ1v) is 6.32. The molecule has 3 nitrogen and oxygen atoms in total. The molecule has 1 aromatic heterocycles. The van der Waals surface area contributed by atoms with Gasteiger partial charge in [-0.15, -0.1) is 11.3 Å². The van der Waals surface area contributed by atoms with Crippen molar-refractivity contribution in [3.05, 3.63) is 21.4 Å². The van der Waals surface area contributed by atoms with Gasteiger partial charge in [-0.3, -0.25) is 9.59 Å². The number of thiophene rings is 1. The number of carbonyl (C=O) groups excluding carboxylic acids is 2. The molecule has 1 unspecified atom stereocenters. The van der Waals surface area contributed by atoms with Crippen LogP contribution in [-0.4, -0.2) is 17.7 Å². The SMILES string of the molecule is CC(=O)C(C)NC(=O)c1cc2c(s1)CCC2. The van der Waals surface area contributed by atoms with Gasteiger partial charge in [-0.25, -0.2) is 0 Å². The molecular weight excluding hydrogens is 222 g/mol. The Hall–Kier alpha value is -1.16. The van der Waals surface area contributed by atoms with Gasteiger partial charge < -0.3 is 5.32 Å². The predicted octanol–water partition coefficient (Wildman–Crippen LogP) is 1.94. The number of rotatable bonds is 3. The van der Waals surface area contributed by atoms with Crippen LogP contribution >= 0.6 is 11.3 Å². The summed E-state index contributed by atoms with van der Waals surface area (Å²) >= 11 is 1.56. The van der Waals surface area contributed by atoms with E-state index in [0.29, 0.717) is 0 Å². The number of hydrogen-bond donors (Lipinski definition) is 1.